The molecule has 1 saturated heterocycles. The first kappa shape index (κ1) is 16.0. The van der Waals surface area contributed by atoms with E-state index in [0.717, 1.165) is 6.61 Å². The second kappa shape index (κ2) is 12.0. The summed E-state index contributed by atoms with van der Waals surface area (Å²) in [6.45, 7) is 3.24. The predicted molar refractivity (Wildman–Crippen MR) is 79.5 cm³/mol. The van der Waals surface area contributed by atoms with Crippen LogP contribution < -0.4 is 0 Å². The molecule has 0 aromatic heterocycles. The molecule has 0 amide bonds. The fraction of sp³-hybridized carbons (Fsp3) is 0.941. The van der Waals surface area contributed by atoms with Gasteiger partial charge in [-0.3, -0.25) is 0 Å². The van der Waals surface area contributed by atoms with Crippen molar-refractivity contribution >= 4 is 0 Å². The molecule has 0 aromatic rings. The van der Waals surface area contributed by atoms with Crippen molar-refractivity contribution in [1.29, 1.82) is 0 Å². The quantitative estimate of drug-likeness (QED) is 0.272. The normalized spacial score (nSPS) is 15.2. The van der Waals surface area contributed by atoms with Crippen LogP contribution in [-0.2, 0) is 4.74 Å². The highest BCUT2D eigenvalue weighted by Crippen LogP contribution is 2.25. The van der Waals surface area contributed by atoms with E-state index >= 15 is 0 Å². The van der Waals surface area contributed by atoms with Crippen molar-refractivity contribution in [3.05, 3.63) is 6.10 Å². The van der Waals surface area contributed by atoms with E-state index in [4.69, 9.17) is 4.74 Å². The van der Waals surface area contributed by atoms with E-state index in [9.17, 15) is 0 Å². The second-order valence-corrected chi connectivity index (χ2v) is 5.82. The monoisotopic (exact) mass is 253 g/mol. The van der Waals surface area contributed by atoms with Crippen LogP contribution in [-0.4, -0.2) is 6.61 Å². The van der Waals surface area contributed by atoms with Crippen LogP contribution in [0.1, 0.15) is 96.8 Å². The molecule has 0 unspecified atom stereocenters. The van der Waals surface area contributed by atoms with Gasteiger partial charge in [0.25, 0.3) is 0 Å². The smallest absolute Gasteiger partial charge is 0.123 e. The first-order valence-electron chi connectivity index (χ1n) is 8.41. The summed E-state index contributed by atoms with van der Waals surface area (Å²) in [5, 5.41) is 0. The van der Waals surface area contributed by atoms with E-state index in [1.165, 1.54) is 96.0 Å². The summed E-state index contributed by atoms with van der Waals surface area (Å²) in [6, 6.07) is 0. The molecule has 0 aromatic carbocycles. The maximum atomic E-state index is 5.13. The highest BCUT2D eigenvalue weighted by Gasteiger charge is 2.22. The zero-order chi connectivity index (χ0) is 12.9. The molecule has 0 saturated carbocycles. The minimum absolute atomic E-state index is 0.957. The Morgan fingerprint density at radius 3 is 1.44 bits per heavy atom. The SMILES string of the molecule is CCCCCCCCCCCCCCC[C]1CO1. The topological polar surface area (TPSA) is 12.5 Å². The predicted octanol–water partition coefficient (Wildman–Crippen LogP) is 6.03. The van der Waals surface area contributed by atoms with Gasteiger partial charge < -0.3 is 4.74 Å². The van der Waals surface area contributed by atoms with Gasteiger partial charge in [0.05, 0.1) is 6.61 Å². The summed E-state index contributed by atoms with van der Waals surface area (Å²) in [6.07, 6.45) is 21.3. The fourth-order valence-corrected chi connectivity index (χ4v) is 2.54. The van der Waals surface area contributed by atoms with E-state index < -0.39 is 0 Å². The highest BCUT2D eigenvalue weighted by molar-refractivity contribution is 4.90. The average Bonchev–Trinajstić information content (AvgIpc) is 3.19. The molecule has 18 heavy (non-hydrogen) atoms. The maximum Gasteiger partial charge on any atom is 0.123 e. The Hall–Kier alpha value is -0.0400. The molecule has 1 heterocycles. The van der Waals surface area contributed by atoms with E-state index in [1.54, 1.807) is 0 Å². The van der Waals surface area contributed by atoms with Gasteiger partial charge in [-0.15, -0.1) is 0 Å². The van der Waals surface area contributed by atoms with Gasteiger partial charge >= 0.3 is 0 Å². The molecule has 0 atom stereocenters. The number of hydrogen-bond donors (Lipinski definition) is 0. The van der Waals surface area contributed by atoms with Crippen molar-refractivity contribution in [1.82, 2.24) is 0 Å². The molecule has 107 valence electrons. The molecule has 1 aliphatic rings. The Labute approximate surface area is 115 Å². The molecule has 1 nitrogen and oxygen atoms in total. The van der Waals surface area contributed by atoms with Crippen LogP contribution in [0.3, 0.4) is 0 Å². The van der Waals surface area contributed by atoms with Crippen LogP contribution in [0.4, 0.5) is 0 Å². The third kappa shape index (κ3) is 11.1. The zero-order valence-electron chi connectivity index (χ0n) is 12.5. The molecule has 0 aliphatic carbocycles. The first-order valence-corrected chi connectivity index (χ1v) is 8.41. The van der Waals surface area contributed by atoms with Crippen LogP contribution in [0, 0.1) is 6.10 Å². The van der Waals surface area contributed by atoms with Crippen LogP contribution in [0.15, 0.2) is 0 Å². The number of ether oxygens (including phenoxy) is 1. The molecule has 0 N–H and O–H groups in total. The van der Waals surface area contributed by atoms with Gasteiger partial charge in [0.15, 0.2) is 0 Å². The Morgan fingerprint density at radius 1 is 0.667 bits per heavy atom. The van der Waals surface area contributed by atoms with E-state index in [0.29, 0.717) is 0 Å². The van der Waals surface area contributed by atoms with Gasteiger partial charge in [-0.2, -0.15) is 0 Å². The van der Waals surface area contributed by atoms with Gasteiger partial charge in [0.1, 0.15) is 6.10 Å². The molecular weight excluding hydrogens is 220 g/mol. The molecule has 1 aliphatic heterocycles. The largest absolute Gasteiger partial charge is 0.366 e. The lowest BCUT2D eigenvalue weighted by atomic mass is 10.0. The third-order valence-electron chi connectivity index (χ3n) is 3.91. The summed E-state index contributed by atoms with van der Waals surface area (Å²) in [7, 11) is 0. The zero-order valence-corrected chi connectivity index (χ0v) is 12.5. The van der Waals surface area contributed by atoms with E-state index in [2.05, 4.69) is 6.92 Å². The summed E-state index contributed by atoms with van der Waals surface area (Å²) >= 11 is 0. The molecule has 1 heteroatoms. The lowest BCUT2D eigenvalue weighted by Crippen LogP contribution is -1.83. The Balaban J connectivity index is 1.60. The van der Waals surface area contributed by atoms with Crippen LogP contribution in [0.25, 0.3) is 0 Å². The average molecular weight is 253 g/mol. The third-order valence-corrected chi connectivity index (χ3v) is 3.91. The summed E-state index contributed by atoms with van der Waals surface area (Å²) < 4.78 is 5.13. The van der Waals surface area contributed by atoms with E-state index in [1.807, 2.05) is 0 Å². The minimum Gasteiger partial charge on any atom is -0.366 e. The lowest BCUT2D eigenvalue weighted by Gasteiger charge is -2.02. The number of hydrogen-bond acceptors (Lipinski definition) is 1. The van der Waals surface area contributed by atoms with Gasteiger partial charge in [0.2, 0.25) is 0 Å². The van der Waals surface area contributed by atoms with Crippen molar-refractivity contribution < 1.29 is 4.74 Å². The molecule has 1 radical (unpaired) electrons. The Bertz CT molecular complexity index is 163. The second-order valence-electron chi connectivity index (χ2n) is 5.82. The van der Waals surface area contributed by atoms with Crippen LogP contribution in [0.2, 0.25) is 0 Å². The van der Waals surface area contributed by atoms with E-state index in [-0.39, 0.29) is 0 Å². The van der Waals surface area contributed by atoms with Crippen molar-refractivity contribution in [2.75, 3.05) is 6.61 Å². The van der Waals surface area contributed by atoms with Crippen molar-refractivity contribution in [3.8, 4) is 0 Å². The highest BCUT2D eigenvalue weighted by atomic mass is 16.6. The van der Waals surface area contributed by atoms with Crippen LogP contribution in [0.5, 0.6) is 0 Å². The molecule has 1 rings (SSSR count). The van der Waals surface area contributed by atoms with Crippen LogP contribution >= 0.6 is 0 Å². The van der Waals surface area contributed by atoms with Crippen molar-refractivity contribution in [2.45, 2.75) is 96.8 Å². The molecule has 1 fully saturated rings. The van der Waals surface area contributed by atoms with Crippen molar-refractivity contribution in [3.63, 3.8) is 0 Å². The number of rotatable bonds is 14. The Kier molecular flexibility index (Phi) is 10.7. The molecule has 0 bridgehead atoms. The minimum atomic E-state index is 0.957. The fourth-order valence-electron chi connectivity index (χ4n) is 2.54. The first-order chi connectivity index (χ1) is 8.93. The standard InChI is InChI=1S/C17H33O/c1-2-3-4-5-6-7-8-9-10-11-12-13-14-15-17-16-18-17/h2-16H2,1H3. The summed E-state index contributed by atoms with van der Waals surface area (Å²) in [5.74, 6) is 0. The molecule has 0 spiro atoms. The van der Waals surface area contributed by atoms with Gasteiger partial charge in [-0.05, 0) is 6.42 Å². The summed E-state index contributed by atoms with van der Waals surface area (Å²) in [5.41, 5.74) is 0. The summed E-state index contributed by atoms with van der Waals surface area (Å²) in [4.78, 5) is 0. The van der Waals surface area contributed by atoms with Gasteiger partial charge in [0, 0.05) is 0 Å². The number of unbranched alkanes of at least 4 members (excludes halogenated alkanes) is 12. The lowest BCUT2D eigenvalue weighted by molar-refractivity contribution is 0.448. The van der Waals surface area contributed by atoms with Gasteiger partial charge in [-0.1, -0.05) is 90.4 Å². The van der Waals surface area contributed by atoms with Crippen molar-refractivity contribution in [2.24, 2.45) is 0 Å². The van der Waals surface area contributed by atoms with Gasteiger partial charge in [-0.25, -0.2) is 0 Å². The number of epoxide rings is 1. The molecular formula is C17H33O. The Morgan fingerprint density at radius 2 is 1.06 bits per heavy atom. The maximum absolute atomic E-state index is 5.13.